The van der Waals surface area contributed by atoms with Gasteiger partial charge in [0.1, 0.15) is 29.7 Å². The fourth-order valence-corrected chi connectivity index (χ4v) is 4.26. The van der Waals surface area contributed by atoms with Gasteiger partial charge in [0, 0.05) is 43.7 Å². The van der Waals surface area contributed by atoms with Gasteiger partial charge in [-0.05, 0) is 37.6 Å². The molecular weight excluding hydrogens is 382 g/mol. The zero-order chi connectivity index (χ0) is 20.8. The lowest BCUT2D eigenvalue weighted by atomic mass is 9.91. The molecule has 4 heterocycles. The maximum absolute atomic E-state index is 9.37. The maximum Gasteiger partial charge on any atom is 0.178 e. The van der Waals surface area contributed by atoms with E-state index in [1.165, 1.54) is 5.56 Å². The average molecular weight is 409 g/mol. The number of hydrogen-bond donors (Lipinski definition) is 2. The third-order valence-electron chi connectivity index (χ3n) is 5.78. The van der Waals surface area contributed by atoms with Gasteiger partial charge in [0.2, 0.25) is 0 Å². The van der Waals surface area contributed by atoms with Gasteiger partial charge in [-0.15, -0.1) is 0 Å². The van der Waals surface area contributed by atoms with E-state index in [4.69, 9.17) is 15.6 Å². The third kappa shape index (κ3) is 3.38. The second kappa shape index (κ2) is 7.50. The Kier molecular flexibility index (Phi) is 4.80. The molecule has 2 aliphatic rings. The molecule has 5 rings (SSSR count). The average Bonchev–Trinajstić information content (AvgIpc) is 3.28. The van der Waals surface area contributed by atoms with E-state index in [1.54, 1.807) is 6.33 Å². The Balaban J connectivity index is 1.48. The van der Waals surface area contributed by atoms with Crippen LogP contribution in [0.15, 0.2) is 30.6 Å². The lowest BCUT2D eigenvalue weighted by molar-refractivity contribution is 0.0682. The van der Waals surface area contributed by atoms with Crippen molar-refractivity contribution in [3.8, 4) is 23.0 Å². The van der Waals surface area contributed by atoms with Crippen molar-refractivity contribution in [1.82, 2.24) is 29.4 Å². The van der Waals surface area contributed by atoms with Gasteiger partial charge in [-0.3, -0.25) is 4.90 Å². The molecule has 0 aliphatic carbocycles. The normalized spacial score (nSPS) is 17.8. The van der Waals surface area contributed by atoms with Gasteiger partial charge >= 0.3 is 0 Å². The molecule has 0 radical (unpaired) electrons. The quantitative estimate of drug-likeness (QED) is 0.612. The molecule has 9 heteroatoms. The van der Waals surface area contributed by atoms with Crippen LogP contribution < -0.4 is 10.5 Å². The first-order valence-electron chi connectivity index (χ1n) is 10.4. The zero-order valence-corrected chi connectivity index (χ0v) is 17.3. The number of hydrogen-bond acceptors (Lipinski definition) is 7. The fourth-order valence-electron chi connectivity index (χ4n) is 4.26. The molecule has 3 aromatic rings. The fraction of sp³-hybridized carbons (Fsp3) is 0.476. The van der Waals surface area contributed by atoms with Crippen molar-refractivity contribution in [3.63, 3.8) is 0 Å². The highest BCUT2D eigenvalue weighted by molar-refractivity contribution is 5.56. The van der Waals surface area contributed by atoms with Crippen LogP contribution in [0.4, 0.5) is 0 Å². The summed E-state index contributed by atoms with van der Waals surface area (Å²) in [4.78, 5) is 6.60. The molecule has 1 unspecified atom stereocenters. The van der Waals surface area contributed by atoms with Gasteiger partial charge in [-0.25, -0.2) is 14.3 Å². The number of aromatic nitrogens is 5. The lowest BCUT2D eigenvalue weighted by Gasteiger charge is -2.40. The summed E-state index contributed by atoms with van der Waals surface area (Å²) in [5, 5.41) is 18.6. The van der Waals surface area contributed by atoms with E-state index in [-0.39, 0.29) is 6.04 Å². The number of rotatable bonds is 5. The van der Waals surface area contributed by atoms with E-state index < -0.39 is 6.23 Å². The Morgan fingerprint density at radius 1 is 1.27 bits per heavy atom. The first kappa shape index (κ1) is 19.2. The van der Waals surface area contributed by atoms with Crippen molar-refractivity contribution >= 4 is 0 Å². The Bertz CT molecular complexity index is 1050. The van der Waals surface area contributed by atoms with Gasteiger partial charge in [0.15, 0.2) is 5.82 Å². The summed E-state index contributed by atoms with van der Waals surface area (Å²) in [6.45, 7) is 7.07. The third-order valence-corrected chi connectivity index (χ3v) is 5.78. The molecular formula is C21H27N7O2. The van der Waals surface area contributed by atoms with Gasteiger partial charge < -0.3 is 15.6 Å². The van der Waals surface area contributed by atoms with E-state index in [9.17, 15) is 5.11 Å². The highest BCUT2D eigenvalue weighted by atomic mass is 16.5. The summed E-state index contributed by atoms with van der Waals surface area (Å²) >= 11 is 0. The maximum atomic E-state index is 9.37. The van der Waals surface area contributed by atoms with E-state index in [0.717, 1.165) is 48.2 Å². The van der Waals surface area contributed by atoms with Crippen LogP contribution in [0.5, 0.6) is 5.75 Å². The van der Waals surface area contributed by atoms with Crippen molar-refractivity contribution in [2.45, 2.75) is 38.5 Å². The first-order chi connectivity index (χ1) is 14.5. The topological polar surface area (TPSA) is 107 Å². The van der Waals surface area contributed by atoms with Gasteiger partial charge in [0.05, 0.1) is 6.61 Å². The summed E-state index contributed by atoms with van der Waals surface area (Å²) < 4.78 is 9.87. The molecule has 1 aromatic carbocycles. The number of nitrogens with zero attached hydrogens (tertiary/aromatic N) is 6. The highest BCUT2D eigenvalue weighted by Gasteiger charge is 2.30. The summed E-state index contributed by atoms with van der Waals surface area (Å²) in [6.07, 6.45) is 1.57. The van der Waals surface area contributed by atoms with Crippen LogP contribution in [0.2, 0.25) is 0 Å². The Labute approximate surface area is 175 Å². The van der Waals surface area contributed by atoms with Crippen LogP contribution in [0.25, 0.3) is 17.2 Å². The van der Waals surface area contributed by atoms with Gasteiger partial charge in [-0.1, -0.05) is 6.07 Å². The Morgan fingerprint density at radius 3 is 2.87 bits per heavy atom. The van der Waals surface area contributed by atoms with E-state index in [2.05, 4.69) is 47.0 Å². The molecule has 2 aromatic heterocycles. The van der Waals surface area contributed by atoms with Crippen LogP contribution in [-0.4, -0.2) is 67.0 Å². The van der Waals surface area contributed by atoms with Crippen molar-refractivity contribution in [1.29, 1.82) is 0 Å². The minimum Gasteiger partial charge on any atom is -0.491 e. The first-order valence-corrected chi connectivity index (χ1v) is 10.4. The molecule has 9 nitrogen and oxygen atoms in total. The molecule has 0 saturated carbocycles. The number of benzene rings is 1. The minimum atomic E-state index is -0.788. The molecule has 158 valence electrons. The Morgan fingerprint density at radius 2 is 2.10 bits per heavy atom. The van der Waals surface area contributed by atoms with Crippen molar-refractivity contribution < 1.29 is 9.84 Å². The van der Waals surface area contributed by atoms with Crippen LogP contribution in [0, 0.1) is 0 Å². The number of β-amino-alcohol motifs (C(OH)–C–C–N with tert-alkyl or cyclic N) is 1. The van der Waals surface area contributed by atoms with Gasteiger partial charge in [0.25, 0.3) is 0 Å². The second-order valence-corrected chi connectivity index (χ2v) is 8.36. The van der Waals surface area contributed by atoms with Crippen LogP contribution >= 0.6 is 0 Å². The molecule has 1 fully saturated rings. The van der Waals surface area contributed by atoms with Crippen LogP contribution in [-0.2, 0) is 6.42 Å². The number of ether oxygens (including phenoxy) is 1. The van der Waals surface area contributed by atoms with Crippen LogP contribution in [0.3, 0.4) is 0 Å². The SMILES string of the molecule is CC(C)n1ncnc1-c1cc2n(n1)-c1cc(C3CN(CC(N)O)C3)ccc1OCC2. The zero-order valence-electron chi connectivity index (χ0n) is 17.3. The summed E-state index contributed by atoms with van der Waals surface area (Å²) in [5.74, 6) is 2.03. The van der Waals surface area contributed by atoms with Crippen LogP contribution in [0.1, 0.15) is 37.1 Å². The molecule has 3 N–H and O–H groups in total. The van der Waals surface area contributed by atoms with E-state index >= 15 is 0 Å². The molecule has 30 heavy (non-hydrogen) atoms. The largest absolute Gasteiger partial charge is 0.491 e. The van der Waals surface area contributed by atoms with E-state index in [1.807, 2.05) is 15.4 Å². The molecule has 0 amide bonds. The molecule has 0 bridgehead atoms. The van der Waals surface area contributed by atoms with Gasteiger partial charge in [-0.2, -0.15) is 10.2 Å². The predicted molar refractivity (Wildman–Crippen MR) is 112 cm³/mol. The number of aliphatic hydroxyl groups excluding tert-OH is 1. The molecule has 2 aliphatic heterocycles. The molecule has 0 spiro atoms. The monoisotopic (exact) mass is 409 g/mol. The molecule has 1 saturated heterocycles. The van der Waals surface area contributed by atoms with Crippen molar-refractivity contribution in [2.75, 3.05) is 26.2 Å². The lowest BCUT2D eigenvalue weighted by Crippen LogP contribution is -2.49. The number of aliphatic hydroxyl groups is 1. The summed E-state index contributed by atoms with van der Waals surface area (Å²) in [5.41, 5.74) is 9.62. The smallest absolute Gasteiger partial charge is 0.178 e. The second-order valence-electron chi connectivity index (χ2n) is 8.36. The number of likely N-dealkylation sites (tertiary alicyclic amines) is 1. The number of nitrogens with two attached hydrogens (primary N) is 1. The van der Waals surface area contributed by atoms with Crippen molar-refractivity contribution in [2.24, 2.45) is 5.73 Å². The summed E-state index contributed by atoms with van der Waals surface area (Å²) in [6, 6.07) is 8.64. The standard InChI is InChI=1S/C21H27N7O2/c1-13(2)27-21(23-12-24-27)17-8-16-5-6-30-19-4-3-14(7-18(19)28(16)25-17)15-9-26(10-15)11-20(22)29/h3-4,7-8,12-13,15,20,29H,5-6,9-11,22H2,1-2H3. The summed E-state index contributed by atoms with van der Waals surface area (Å²) in [7, 11) is 0. The van der Waals surface area contributed by atoms with Crippen molar-refractivity contribution in [3.05, 3.63) is 41.9 Å². The molecule has 1 atom stereocenters. The predicted octanol–water partition coefficient (Wildman–Crippen LogP) is 1.32. The van der Waals surface area contributed by atoms with E-state index in [0.29, 0.717) is 19.1 Å². The highest BCUT2D eigenvalue weighted by Crippen LogP contribution is 2.35. The number of fused-ring (bicyclic) bond motifs is 3. The minimum absolute atomic E-state index is 0.208. The Hall–Kier alpha value is -2.75.